The second-order valence-electron chi connectivity index (χ2n) is 5.96. The highest BCUT2D eigenvalue weighted by Crippen LogP contribution is 2.30. The Morgan fingerprint density at radius 1 is 1.30 bits per heavy atom. The van der Waals surface area contributed by atoms with E-state index in [9.17, 15) is 14.4 Å². The van der Waals surface area contributed by atoms with Crippen LogP contribution in [-0.2, 0) is 9.59 Å². The van der Waals surface area contributed by atoms with Crippen LogP contribution in [0.2, 0.25) is 0 Å². The zero-order valence-electron chi connectivity index (χ0n) is 12.8. The molecule has 0 spiro atoms. The van der Waals surface area contributed by atoms with Gasteiger partial charge < -0.3 is 10.2 Å². The predicted octanol–water partition coefficient (Wildman–Crippen LogP) is 2.05. The minimum atomic E-state index is -0.344. The molecule has 3 rings (SSSR count). The lowest BCUT2D eigenvalue weighted by Crippen LogP contribution is -2.42. The van der Waals surface area contributed by atoms with E-state index in [0.717, 1.165) is 27.8 Å². The molecule has 1 saturated heterocycles. The van der Waals surface area contributed by atoms with Crippen LogP contribution in [0.15, 0.2) is 28.7 Å². The summed E-state index contributed by atoms with van der Waals surface area (Å²) in [7, 11) is 0. The van der Waals surface area contributed by atoms with Crippen molar-refractivity contribution in [1.82, 2.24) is 15.1 Å². The van der Waals surface area contributed by atoms with E-state index in [0.29, 0.717) is 0 Å². The number of hydrogen-bond donors (Lipinski definition) is 1. The lowest BCUT2D eigenvalue weighted by Gasteiger charge is -2.18. The van der Waals surface area contributed by atoms with E-state index in [1.807, 2.05) is 31.2 Å². The van der Waals surface area contributed by atoms with Gasteiger partial charge in [-0.3, -0.25) is 14.5 Å². The van der Waals surface area contributed by atoms with E-state index in [1.54, 1.807) is 4.90 Å². The number of benzene rings is 1. The third-order valence-electron chi connectivity index (χ3n) is 4.12. The maximum Gasteiger partial charge on any atom is 0.327 e. The number of hydrogen-bond acceptors (Lipinski definition) is 3. The summed E-state index contributed by atoms with van der Waals surface area (Å²) in [5.74, 6) is -0.631. The smallest absolute Gasteiger partial charge is 0.327 e. The second-order valence-corrected chi connectivity index (χ2v) is 6.88. The largest absolute Gasteiger partial charge is 0.348 e. The van der Waals surface area contributed by atoms with Gasteiger partial charge in [-0.1, -0.05) is 28.1 Å². The minimum Gasteiger partial charge on any atom is -0.348 e. The highest BCUT2D eigenvalue weighted by atomic mass is 79.9. The number of nitrogens with zero attached hydrogens (tertiary/aromatic N) is 2. The molecule has 7 heteroatoms. The monoisotopic (exact) mass is 379 g/mol. The van der Waals surface area contributed by atoms with Crippen molar-refractivity contribution in [2.75, 3.05) is 13.1 Å². The molecular weight excluding hydrogens is 362 g/mol. The number of carbonyl (C=O) groups excluding carboxylic acids is 3. The summed E-state index contributed by atoms with van der Waals surface area (Å²) in [5, 5.41) is 2.82. The van der Waals surface area contributed by atoms with Crippen LogP contribution in [0, 0.1) is 0 Å². The van der Waals surface area contributed by atoms with Crippen molar-refractivity contribution in [3.8, 4) is 0 Å². The second kappa shape index (κ2) is 6.31. The van der Waals surface area contributed by atoms with Crippen LogP contribution in [0.25, 0.3) is 0 Å². The maximum absolute atomic E-state index is 12.2. The van der Waals surface area contributed by atoms with Gasteiger partial charge in [0.15, 0.2) is 0 Å². The van der Waals surface area contributed by atoms with Crippen molar-refractivity contribution >= 4 is 33.8 Å². The van der Waals surface area contributed by atoms with E-state index >= 15 is 0 Å². The number of imide groups is 1. The van der Waals surface area contributed by atoms with Gasteiger partial charge in [0.1, 0.15) is 13.1 Å². The van der Waals surface area contributed by atoms with E-state index in [4.69, 9.17) is 0 Å². The van der Waals surface area contributed by atoms with Gasteiger partial charge in [-0.05, 0) is 37.5 Å². The van der Waals surface area contributed by atoms with Gasteiger partial charge in [0.05, 0.1) is 6.04 Å². The third-order valence-corrected chi connectivity index (χ3v) is 4.65. The van der Waals surface area contributed by atoms with Crippen LogP contribution in [-0.4, -0.2) is 46.8 Å². The van der Waals surface area contributed by atoms with Gasteiger partial charge in [0, 0.05) is 10.5 Å². The Morgan fingerprint density at radius 3 is 2.57 bits per heavy atom. The molecule has 1 atom stereocenters. The predicted molar refractivity (Wildman–Crippen MR) is 87.5 cm³/mol. The molecule has 0 aromatic heterocycles. The molecule has 1 aromatic rings. The molecular formula is C16H18BrN3O3. The number of rotatable bonds is 5. The first-order chi connectivity index (χ1) is 11.0. The zero-order valence-corrected chi connectivity index (χ0v) is 14.4. The van der Waals surface area contributed by atoms with Crippen LogP contribution in [0.5, 0.6) is 0 Å². The number of halogens is 1. The van der Waals surface area contributed by atoms with Gasteiger partial charge in [0.2, 0.25) is 5.91 Å². The molecule has 0 radical (unpaired) electrons. The Hall–Kier alpha value is -1.89. The van der Waals surface area contributed by atoms with Crippen molar-refractivity contribution in [2.45, 2.75) is 31.8 Å². The first kappa shape index (κ1) is 16.0. The SMILES string of the molecule is CC(NC(=O)CN1C(=O)CN(C2CC2)C1=O)c1ccc(Br)cc1. The van der Waals surface area contributed by atoms with E-state index in [2.05, 4.69) is 21.2 Å². The highest BCUT2D eigenvalue weighted by molar-refractivity contribution is 9.10. The van der Waals surface area contributed by atoms with Crippen molar-refractivity contribution in [3.05, 3.63) is 34.3 Å². The molecule has 6 nitrogen and oxygen atoms in total. The molecule has 1 saturated carbocycles. The van der Waals surface area contributed by atoms with Crippen LogP contribution < -0.4 is 5.32 Å². The van der Waals surface area contributed by atoms with Gasteiger partial charge in [-0.25, -0.2) is 4.79 Å². The first-order valence-electron chi connectivity index (χ1n) is 7.61. The number of urea groups is 1. The zero-order chi connectivity index (χ0) is 16.6. The lowest BCUT2D eigenvalue weighted by molar-refractivity contribution is -0.131. The van der Waals surface area contributed by atoms with Crippen molar-refractivity contribution in [1.29, 1.82) is 0 Å². The molecule has 1 aliphatic heterocycles. The Labute approximate surface area is 142 Å². The summed E-state index contributed by atoms with van der Waals surface area (Å²) in [6, 6.07) is 7.28. The van der Waals surface area contributed by atoms with Crippen LogP contribution in [0.3, 0.4) is 0 Å². The molecule has 1 aromatic carbocycles. The average Bonchev–Trinajstić information content (AvgIpc) is 3.30. The van der Waals surface area contributed by atoms with E-state index < -0.39 is 0 Å². The number of carbonyl (C=O) groups is 3. The highest BCUT2D eigenvalue weighted by Gasteiger charge is 2.44. The fourth-order valence-electron chi connectivity index (χ4n) is 2.65. The molecule has 4 amide bonds. The number of amides is 4. The maximum atomic E-state index is 12.2. The Morgan fingerprint density at radius 2 is 1.96 bits per heavy atom. The fourth-order valence-corrected chi connectivity index (χ4v) is 2.92. The van der Waals surface area contributed by atoms with Crippen LogP contribution in [0.1, 0.15) is 31.4 Å². The molecule has 1 unspecified atom stereocenters. The molecule has 0 bridgehead atoms. The Bertz CT molecular complexity index is 642. The first-order valence-corrected chi connectivity index (χ1v) is 8.41. The average molecular weight is 380 g/mol. The van der Waals surface area contributed by atoms with Gasteiger partial charge in [-0.2, -0.15) is 0 Å². The lowest BCUT2D eigenvalue weighted by atomic mass is 10.1. The summed E-state index contributed by atoms with van der Waals surface area (Å²) >= 11 is 3.37. The quantitative estimate of drug-likeness (QED) is 0.795. The summed E-state index contributed by atoms with van der Waals surface area (Å²) in [6.45, 7) is 1.74. The van der Waals surface area contributed by atoms with Gasteiger partial charge in [-0.15, -0.1) is 0 Å². The summed E-state index contributed by atoms with van der Waals surface area (Å²) in [4.78, 5) is 38.9. The molecule has 2 aliphatic rings. The Balaban J connectivity index is 1.57. The summed E-state index contributed by atoms with van der Waals surface area (Å²) < 4.78 is 0.966. The van der Waals surface area contributed by atoms with Crippen molar-refractivity contribution in [3.63, 3.8) is 0 Å². The minimum absolute atomic E-state index is 0.0963. The standard InChI is InChI=1S/C16H18BrN3O3/c1-10(11-2-4-12(17)5-3-11)18-14(21)8-20-15(22)9-19(16(20)23)13-6-7-13/h2-5,10,13H,6-9H2,1H3,(H,18,21). The van der Waals surface area contributed by atoms with Crippen LogP contribution >= 0.6 is 15.9 Å². The molecule has 1 heterocycles. The van der Waals surface area contributed by atoms with E-state index in [-0.39, 0.29) is 43.0 Å². The summed E-state index contributed by atoms with van der Waals surface area (Å²) in [6.07, 6.45) is 1.89. The fraction of sp³-hybridized carbons (Fsp3) is 0.438. The summed E-state index contributed by atoms with van der Waals surface area (Å²) in [5.41, 5.74) is 0.959. The molecule has 23 heavy (non-hydrogen) atoms. The van der Waals surface area contributed by atoms with Crippen LogP contribution in [0.4, 0.5) is 4.79 Å². The Kier molecular flexibility index (Phi) is 4.39. The molecule has 2 fully saturated rings. The molecule has 1 N–H and O–H groups in total. The topological polar surface area (TPSA) is 69.7 Å². The van der Waals surface area contributed by atoms with Gasteiger partial charge >= 0.3 is 6.03 Å². The van der Waals surface area contributed by atoms with E-state index in [1.165, 1.54) is 0 Å². The van der Waals surface area contributed by atoms with Crippen molar-refractivity contribution in [2.24, 2.45) is 0 Å². The number of nitrogens with one attached hydrogen (secondary N) is 1. The third kappa shape index (κ3) is 3.55. The molecule has 122 valence electrons. The van der Waals surface area contributed by atoms with Gasteiger partial charge in [0.25, 0.3) is 5.91 Å². The molecule has 1 aliphatic carbocycles. The normalized spacial score (nSPS) is 19.2. The van der Waals surface area contributed by atoms with Crippen molar-refractivity contribution < 1.29 is 14.4 Å².